The van der Waals surface area contributed by atoms with Gasteiger partial charge in [0.15, 0.2) is 0 Å². The number of halogens is 3. The average Bonchev–Trinajstić information content (AvgIpc) is 1.82. The fraction of sp³-hybridized carbons (Fsp3) is 1.00. The van der Waals surface area contributed by atoms with E-state index in [0.717, 1.165) is 0 Å². The standard InChI is InChI=1S/C5H9F3O4S/c1-2-11-13(9,10)12-4-3-5(6,7)8/h2-4H2,1H3. The van der Waals surface area contributed by atoms with Gasteiger partial charge >= 0.3 is 16.6 Å². The van der Waals surface area contributed by atoms with Crippen LogP contribution in [0.25, 0.3) is 0 Å². The maximum atomic E-state index is 11.5. The van der Waals surface area contributed by atoms with Gasteiger partial charge in [0.1, 0.15) is 0 Å². The van der Waals surface area contributed by atoms with Crippen LogP contribution >= 0.6 is 0 Å². The van der Waals surface area contributed by atoms with Gasteiger partial charge < -0.3 is 0 Å². The molecule has 0 unspecified atom stereocenters. The maximum absolute atomic E-state index is 11.5. The Morgan fingerprint density at radius 2 is 1.77 bits per heavy atom. The largest absolute Gasteiger partial charge is 0.399 e. The number of hydrogen-bond donors (Lipinski definition) is 0. The van der Waals surface area contributed by atoms with Crippen molar-refractivity contribution >= 4 is 10.4 Å². The number of rotatable bonds is 5. The van der Waals surface area contributed by atoms with Crippen LogP contribution in [-0.4, -0.2) is 27.8 Å². The van der Waals surface area contributed by atoms with Crippen LogP contribution in [0.2, 0.25) is 0 Å². The van der Waals surface area contributed by atoms with E-state index in [1.165, 1.54) is 6.92 Å². The van der Waals surface area contributed by atoms with Crippen LogP contribution in [0.5, 0.6) is 0 Å². The first kappa shape index (κ1) is 12.7. The summed E-state index contributed by atoms with van der Waals surface area (Å²) in [5.41, 5.74) is 0. The van der Waals surface area contributed by atoms with Crippen molar-refractivity contribution in [2.75, 3.05) is 13.2 Å². The molecule has 0 aromatic carbocycles. The van der Waals surface area contributed by atoms with Crippen molar-refractivity contribution in [1.29, 1.82) is 0 Å². The SMILES string of the molecule is CCOS(=O)(=O)OCCC(F)(F)F. The molecule has 0 rings (SSSR count). The van der Waals surface area contributed by atoms with Gasteiger partial charge in [0.05, 0.1) is 19.6 Å². The van der Waals surface area contributed by atoms with E-state index in [1.807, 2.05) is 0 Å². The van der Waals surface area contributed by atoms with E-state index in [9.17, 15) is 21.6 Å². The summed E-state index contributed by atoms with van der Waals surface area (Å²) in [6.07, 6.45) is -5.75. The second-order valence-electron chi connectivity index (χ2n) is 2.00. The molecule has 4 nitrogen and oxygen atoms in total. The molecule has 0 bridgehead atoms. The Bertz CT molecular complexity index is 233. The van der Waals surface area contributed by atoms with E-state index in [-0.39, 0.29) is 6.61 Å². The van der Waals surface area contributed by atoms with Crippen molar-refractivity contribution in [3.05, 3.63) is 0 Å². The Morgan fingerprint density at radius 1 is 1.23 bits per heavy atom. The third-order valence-corrected chi connectivity index (χ3v) is 1.86. The van der Waals surface area contributed by atoms with Crippen LogP contribution in [-0.2, 0) is 18.8 Å². The lowest BCUT2D eigenvalue weighted by Crippen LogP contribution is -2.16. The molecule has 0 saturated carbocycles. The smallest absolute Gasteiger partial charge is 0.248 e. The van der Waals surface area contributed by atoms with Crippen molar-refractivity contribution < 1.29 is 30.0 Å². The van der Waals surface area contributed by atoms with E-state index in [2.05, 4.69) is 8.37 Å². The molecular formula is C5H9F3O4S. The molecule has 0 spiro atoms. The van der Waals surface area contributed by atoms with Crippen LogP contribution in [0.3, 0.4) is 0 Å². The molecule has 0 aliphatic rings. The second kappa shape index (κ2) is 4.77. The van der Waals surface area contributed by atoms with Gasteiger partial charge in [-0.25, -0.2) is 8.37 Å². The van der Waals surface area contributed by atoms with Crippen molar-refractivity contribution in [1.82, 2.24) is 0 Å². The minimum absolute atomic E-state index is 0.172. The average molecular weight is 222 g/mol. The molecule has 0 radical (unpaired) electrons. The van der Waals surface area contributed by atoms with E-state index < -0.39 is 29.6 Å². The number of alkyl halides is 3. The minimum Gasteiger partial charge on any atom is -0.248 e. The van der Waals surface area contributed by atoms with E-state index in [4.69, 9.17) is 0 Å². The molecule has 0 N–H and O–H groups in total. The molecule has 0 aliphatic heterocycles. The molecule has 0 amide bonds. The Labute approximate surface area is 74.0 Å². The predicted octanol–water partition coefficient (Wildman–Crippen LogP) is 1.24. The summed E-state index contributed by atoms with van der Waals surface area (Å²) in [5, 5.41) is 0. The Morgan fingerprint density at radius 3 is 2.15 bits per heavy atom. The van der Waals surface area contributed by atoms with Crippen molar-refractivity contribution in [3.63, 3.8) is 0 Å². The topological polar surface area (TPSA) is 52.6 Å². The quantitative estimate of drug-likeness (QED) is 0.702. The van der Waals surface area contributed by atoms with E-state index in [1.54, 1.807) is 0 Å². The zero-order valence-electron chi connectivity index (χ0n) is 6.80. The van der Waals surface area contributed by atoms with Gasteiger partial charge in [0.2, 0.25) is 0 Å². The maximum Gasteiger partial charge on any atom is 0.399 e. The molecule has 0 fully saturated rings. The van der Waals surface area contributed by atoms with Gasteiger partial charge in [-0.15, -0.1) is 0 Å². The molecule has 0 heterocycles. The molecule has 0 aromatic heterocycles. The third kappa shape index (κ3) is 8.00. The van der Waals surface area contributed by atoms with Crippen LogP contribution in [0, 0.1) is 0 Å². The summed E-state index contributed by atoms with van der Waals surface area (Å²) in [7, 11) is -4.25. The molecular weight excluding hydrogens is 213 g/mol. The summed E-state index contributed by atoms with van der Waals surface area (Å²) >= 11 is 0. The van der Waals surface area contributed by atoms with Gasteiger partial charge in [-0.1, -0.05) is 0 Å². The highest BCUT2D eigenvalue weighted by Gasteiger charge is 2.27. The molecule has 13 heavy (non-hydrogen) atoms. The summed E-state index contributed by atoms with van der Waals surface area (Å²) < 4.78 is 63.4. The number of hydrogen-bond acceptors (Lipinski definition) is 4. The lowest BCUT2D eigenvalue weighted by molar-refractivity contribution is -0.139. The first-order chi connectivity index (χ1) is 5.77. The van der Waals surface area contributed by atoms with E-state index >= 15 is 0 Å². The fourth-order valence-corrected chi connectivity index (χ4v) is 1.08. The first-order valence-corrected chi connectivity index (χ1v) is 4.70. The first-order valence-electron chi connectivity index (χ1n) is 3.37. The van der Waals surface area contributed by atoms with Crippen molar-refractivity contribution in [2.45, 2.75) is 19.5 Å². The van der Waals surface area contributed by atoms with Gasteiger partial charge in [0, 0.05) is 0 Å². The lowest BCUT2D eigenvalue weighted by atomic mass is 10.5. The Hall–Kier alpha value is -0.340. The minimum atomic E-state index is -4.43. The Balaban J connectivity index is 3.77. The van der Waals surface area contributed by atoms with Crippen molar-refractivity contribution in [3.8, 4) is 0 Å². The van der Waals surface area contributed by atoms with Crippen LogP contribution in [0.15, 0.2) is 0 Å². The highest BCUT2D eigenvalue weighted by atomic mass is 32.3. The van der Waals surface area contributed by atoms with Crippen molar-refractivity contribution in [2.24, 2.45) is 0 Å². The molecule has 0 aromatic rings. The van der Waals surface area contributed by atoms with E-state index in [0.29, 0.717) is 0 Å². The molecule has 8 heteroatoms. The normalized spacial score (nSPS) is 13.2. The molecule has 0 atom stereocenters. The molecule has 0 aliphatic carbocycles. The zero-order chi connectivity index (χ0) is 10.5. The zero-order valence-corrected chi connectivity index (χ0v) is 7.61. The molecule has 80 valence electrons. The predicted molar refractivity (Wildman–Crippen MR) is 37.2 cm³/mol. The molecule has 0 saturated heterocycles. The Kier molecular flexibility index (Phi) is 4.65. The van der Waals surface area contributed by atoms with Gasteiger partial charge in [0.25, 0.3) is 0 Å². The second-order valence-corrected chi connectivity index (χ2v) is 3.29. The van der Waals surface area contributed by atoms with Gasteiger partial charge in [-0.3, -0.25) is 0 Å². The van der Waals surface area contributed by atoms with Crippen LogP contribution < -0.4 is 0 Å². The summed E-state index contributed by atoms with van der Waals surface area (Å²) in [5.74, 6) is 0. The van der Waals surface area contributed by atoms with Gasteiger partial charge in [-0.2, -0.15) is 21.6 Å². The lowest BCUT2D eigenvalue weighted by Gasteiger charge is -2.06. The summed E-state index contributed by atoms with van der Waals surface area (Å²) in [6, 6.07) is 0. The highest BCUT2D eigenvalue weighted by Crippen LogP contribution is 2.19. The third-order valence-electron chi connectivity index (χ3n) is 0.875. The summed E-state index contributed by atoms with van der Waals surface area (Å²) in [4.78, 5) is 0. The highest BCUT2D eigenvalue weighted by molar-refractivity contribution is 7.81. The fourth-order valence-electron chi connectivity index (χ4n) is 0.438. The van der Waals surface area contributed by atoms with Crippen LogP contribution in [0.1, 0.15) is 13.3 Å². The monoisotopic (exact) mass is 222 g/mol. The van der Waals surface area contributed by atoms with Gasteiger partial charge in [-0.05, 0) is 6.92 Å². The van der Waals surface area contributed by atoms with Crippen LogP contribution in [0.4, 0.5) is 13.2 Å². The summed E-state index contributed by atoms with van der Waals surface area (Å²) in [6.45, 7) is 0.255.